The minimum Gasteiger partial charge on any atom is -0.393 e. The number of carbonyl (C=O) groups is 1. The van der Waals surface area contributed by atoms with Crippen LogP contribution in [0.15, 0.2) is 66.9 Å². The second-order valence-corrected chi connectivity index (χ2v) is 7.65. The van der Waals surface area contributed by atoms with Crippen LogP contribution >= 0.6 is 0 Å². The molecule has 4 N–H and O–H groups in total. The van der Waals surface area contributed by atoms with Gasteiger partial charge in [0.2, 0.25) is 0 Å². The Labute approximate surface area is 186 Å². The van der Waals surface area contributed by atoms with Gasteiger partial charge in [-0.3, -0.25) is 4.79 Å². The number of aromatic nitrogens is 2. The summed E-state index contributed by atoms with van der Waals surface area (Å²) in [5.41, 5.74) is 7.62. The first kappa shape index (κ1) is 22.5. The zero-order valence-electron chi connectivity index (χ0n) is 17.3. The second kappa shape index (κ2) is 8.68. The first-order valence-corrected chi connectivity index (χ1v) is 10.0. The molecule has 170 valence electrons. The molecule has 1 atom stereocenters. The van der Waals surface area contributed by atoms with E-state index in [9.17, 15) is 28.2 Å². The molecule has 6 nitrogen and oxygen atoms in total. The molecular weight excluding hydrogens is 435 g/mol. The van der Waals surface area contributed by atoms with E-state index >= 15 is 0 Å². The maximum absolute atomic E-state index is 12.8. The third kappa shape index (κ3) is 4.74. The molecule has 4 rings (SSSR count). The molecular formula is C24H20F3N3O3. The van der Waals surface area contributed by atoms with Crippen LogP contribution in [0.5, 0.6) is 0 Å². The van der Waals surface area contributed by atoms with E-state index in [-0.39, 0.29) is 5.69 Å². The van der Waals surface area contributed by atoms with Gasteiger partial charge in [0.25, 0.3) is 5.91 Å². The number of hydrogen-bond acceptors (Lipinski definition) is 4. The van der Waals surface area contributed by atoms with Crippen molar-refractivity contribution in [3.05, 3.63) is 89.2 Å². The number of fused-ring (bicyclic) bond motifs is 1. The van der Waals surface area contributed by atoms with Crippen molar-refractivity contribution in [2.75, 3.05) is 6.61 Å². The van der Waals surface area contributed by atoms with E-state index in [0.29, 0.717) is 23.4 Å². The number of carbonyl (C=O) groups excluding carboxylic acids is 1. The maximum atomic E-state index is 12.8. The van der Waals surface area contributed by atoms with Gasteiger partial charge in [-0.15, -0.1) is 0 Å². The molecule has 33 heavy (non-hydrogen) atoms. The Morgan fingerprint density at radius 2 is 1.79 bits per heavy atom. The molecule has 0 saturated carbocycles. The number of aliphatic hydroxyl groups is 2. The van der Waals surface area contributed by atoms with Crippen LogP contribution in [0.2, 0.25) is 0 Å². The highest BCUT2D eigenvalue weighted by atomic mass is 19.4. The summed E-state index contributed by atoms with van der Waals surface area (Å²) in [6.45, 7) is -0.128. The van der Waals surface area contributed by atoms with E-state index in [1.807, 2.05) is 29.0 Å². The second-order valence-electron chi connectivity index (χ2n) is 7.65. The van der Waals surface area contributed by atoms with Crippen LogP contribution in [0.25, 0.3) is 22.2 Å². The molecule has 0 bridgehead atoms. The smallest absolute Gasteiger partial charge is 0.393 e. The lowest BCUT2D eigenvalue weighted by Gasteiger charge is -2.12. The maximum Gasteiger partial charge on any atom is 0.416 e. The van der Waals surface area contributed by atoms with Gasteiger partial charge in [-0.2, -0.15) is 13.2 Å². The number of aliphatic hydroxyl groups excluding tert-OH is 2. The van der Waals surface area contributed by atoms with Crippen LogP contribution in [0, 0.1) is 0 Å². The van der Waals surface area contributed by atoms with Crippen LogP contribution in [-0.4, -0.2) is 32.3 Å². The number of nitrogens with zero attached hydrogens (tertiary/aromatic N) is 2. The average molecular weight is 455 g/mol. The third-order valence-electron chi connectivity index (χ3n) is 5.36. The molecule has 0 aliphatic heterocycles. The standard InChI is InChI=1S/C24H20F3N3O3/c25-24(26,27)18-4-1-14(2-5-18)12-30-8-7-16-9-15(3-6-21(16)30)19-10-17(22(32)13-31)11-20(29-19)23(28)33/h1-11,22,31-32H,12-13H2,(H2,28,33). The molecule has 1 unspecified atom stereocenters. The van der Waals surface area contributed by atoms with Gasteiger partial charge >= 0.3 is 6.18 Å². The molecule has 2 aromatic carbocycles. The highest BCUT2D eigenvalue weighted by molar-refractivity contribution is 5.92. The van der Waals surface area contributed by atoms with Crippen LogP contribution in [-0.2, 0) is 12.7 Å². The molecule has 0 saturated heterocycles. The van der Waals surface area contributed by atoms with Crippen LogP contribution in [0.4, 0.5) is 13.2 Å². The van der Waals surface area contributed by atoms with Crippen molar-refractivity contribution in [3.63, 3.8) is 0 Å². The normalized spacial score (nSPS) is 12.8. The number of pyridine rings is 1. The summed E-state index contributed by atoms with van der Waals surface area (Å²) in [5.74, 6) is -0.757. The van der Waals surface area contributed by atoms with Gasteiger partial charge in [-0.1, -0.05) is 18.2 Å². The van der Waals surface area contributed by atoms with Gasteiger partial charge in [-0.05, 0) is 53.6 Å². The summed E-state index contributed by atoms with van der Waals surface area (Å²) >= 11 is 0. The van der Waals surface area contributed by atoms with Crippen LogP contribution < -0.4 is 5.73 Å². The average Bonchev–Trinajstić information content (AvgIpc) is 3.19. The summed E-state index contributed by atoms with van der Waals surface area (Å²) in [6, 6.07) is 15.3. The molecule has 2 heterocycles. The summed E-state index contributed by atoms with van der Waals surface area (Å²) in [6.07, 6.45) is -3.72. The van der Waals surface area contributed by atoms with E-state index in [2.05, 4.69) is 4.98 Å². The monoisotopic (exact) mass is 455 g/mol. The van der Waals surface area contributed by atoms with Crippen LogP contribution in [0.3, 0.4) is 0 Å². The number of alkyl halides is 3. The van der Waals surface area contributed by atoms with Crippen molar-refractivity contribution >= 4 is 16.8 Å². The molecule has 0 radical (unpaired) electrons. The number of primary amides is 1. The van der Waals surface area contributed by atoms with Gasteiger partial charge < -0.3 is 20.5 Å². The lowest BCUT2D eigenvalue weighted by atomic mass is 10.0. The molecule has 2 aromatic heterocycles. The number of halogens is 3. The minimum absolute atomic E-state index is 0.0324. The summed E-state index contributed by atoms with van der Waals surface area (Å²) in [5, 5.41) is 20.1. The third-order valence-corrected chi connectivity index (χ3v) is 5.36. The number of hydrogen-bond donors (Lipinski definition) is 3. The molecule has 0 fully saturated rings. The predicted octanol–water partition coefficient (Wildman–Crippen LogP) is 3.90. The quantitative estimate of drug-likeness (QED) is 0.411. The molecule has 1 amide bonds. The fourth-order valence-corrected chi connectivity index (χ4v) is 3.62. The first-order chi connectivity index (χ1) is 15.7. The van der Waals surface area contributed by atoms with Gasteiger partial charge in [0.05, 0.1) is 17.9 Å². The minimum atomic E-state index is -4.37. The van der Waals surface area contributed by atoms with Gasteiger partial charge in [0.15, 0.2) is 0 Å². The van der Waals surface area contributed by atoms with Crippen molar-refractivity contribution in [1.82, 2.24) is 9.55 Å². The Morgan fingerprint density at radius 3 is 2.42 bits per heavy atom. The zero-order chi connectivity index (χ0) is 23.8. The molecule has 9 heteroatoms. The predicted molar refractivity (Wildman–Crippen MR) is 116 cm³/mol. The summed E-state index contributed by atoms with van der Waals surface area (Å²) in [7, 11) is 0. The van der Waals surface area contributed by atoms with Gasteiger partial charge in [0, 0.05) is 29.2 Å². The van der Waals surface area contributed by atoms with Gasteiger partial charge in [-0.25, -0.2) is 4.98 Å². The Hall–Kier alpha value is -3.69. The van der Waals surface area contributed by atoms with E-state index in [1.165, 1.54) is 18.2 Å². The molecule has 0 aliphatic rings. The highest BCUT2D eigenvalue weighted by Gasteiger charge is 2.29. The Morgan fingerprint density at radius 1 is 1.06 bits per heavy atom. The van der Waals surface area contributed by atoms with E-state index in [4.69, 9.17) is 5.73 Å². The Balaban J connectivity index is 1.66. The number of benzene rings is 2. The molecule has 0 spiro atoms. The lowest BCUT2D eigenvalue weighted by Crippen LogP contribution is -2.15. The van der Waals surface area contributed by atoms with Crippen LogP contribution in [0.1, 0.15) is 33.3 Å². The topological polar surface area (TPSA) is 101 Å². The first-order valence-electron chi connectivity index (χ1n) is 10.0. The number of nitrogens with two attached hydrogens (primary N) is 1. The van der Waals surface area contributed by atoms with Crippen molar-refractivity contribution in [3.8, 4) is 11.3 Å². The fraction of sp³-hybridized carbons (Fsp3) is 0.167. The molecule has 0 aliphatic carbocycles. The van der Waals surface area contributed by atoms with Crippen molar-refractivity contribution in [1.29, 1.82) is 0 Å². The van der Waals surface area contributed by atoms with E-state index < -0.39 is 30.4 Å². The SMILES string of the molecule is NC(=O)c1cc(C(O)CO)cc(-c2ccc3c(ccn3Cc3ccc(C(F)(F)F)cc3)c2)n1. The largest absolute Gasteiger partial charge is 0.416 e. The van der Waals surface area contributed by atoms with E-state index in [1.54, 1.807) is 12.1 Å². The zero-order valence-corrected chi connectivity index (χ0v) is 17.3. The van der Waals surface area contributed by atoms with Gasteiger partial charge in [0.1, 0.15) is 11.8 Å². The van der Waals surface area contributed by atoms with Crippen molar-refractivity contribution < 1.29 is 28.2 Å². The summed E-state index contributed by atoms with van der Waals surface area (Å²) < 4.78 is 40.3. The fourth-order valence-electron chi connectivity index (χ4n) is 3.62. The van der Waals surface area contributed by atoms with Crippen molar-refractivity contribution in [2.24, 2.45) is 5.73 Å². The molecule has 4 aromatic rings. The lowest BCUT2D eigenvalue weighted by molar-refractivity contribution is -0.137. The number of amides is 1. The Kier molecular flexibility index (Phi) is 5.92. The highest BCUT2D eigenvalue weighted by Crippen LogP contribution is 2.30. The van der Waals surface area contributed by atoms with E-state index in [0.717, 1.165) is 28.6 Å². The number of rotatable bonds is 6. The van der Waals surface area contributed by atoms with Crippen molar-refractivity contribution in [2.45, 2.75) is 18.8 Å². The Bertz CT molecular complexity index is 1310. The summed E-state index contributed by atoms with van der Waals surface area (Å²) in [4.78, 5) is 15.9.